The first-order valence-electron chi connectivity index (χ1n) is 44.9. The predicted octanol–water partition coefficient (Wildman–Crippen LogP) is 25.4. The predicted molar refractivity (Wildman–Crippen MR) is 532 cm³/mol. The van der Waals surface area contributed by atoms with Crippen LogP contribution >= 0.6 is 73.9 Å². The lowest BCUT2D eigenvalue weighted by molar-refractivity contribution is 0.414. The Morgan fingerprint density at radius 3 is 1.18 bits per heavy atom. The van der Waals surface area contributed by atoms with Gasteiger partial charge in [0.2, 0.25) is 0 Å². The van der Waals surface area contributed by atoms with E-state index >= 15 is 0 Å². The largest absolute Gasteiger partial charge is 0.497 e. The zero-order chi connectivity index (χ0) is 91.3. The fourth-order valence-corrected chi connectivity index (χ4v) is 17.4. The Morgan fingerprint density at radius 1 is 0.323 bits per heavy atom. The van der Waals surface area contributed by atoms with Crippen LogP contribution in [-0.2, 0) is 0 Å². The number of hydrogen-bond donors (Lipinski definition) is 6. The first kappa shape index (κ1) is 89.6. The van der Waals surface area contributed by atoms with Gasteiger partial charge in [-0.3, -0.25) is 26.4 Å². The number of anilines is 6. The van der Waals surface area contributed by atoms with Crippen molar-refractivity contribution in [2.75, 3.05) is 39.0 Å². The second-order valence-electron chi connectivity index (χ2n) is 34.4. The van der Waals surface area contributed by atoms with Crippen LogP contribution in [0.3, 0.4) is 0 Å². The number of fused-ring (bicyclic) bond motifs is 6. The third-order valence-corrected chi connectivity index (χ3v) is 26.5. The van der Waals surface area contributed by atoms with Crippen LogP contribution in [0.15, 0.2) is 224 Å². The topological polar surface area (TPSA) is 263 Å². The van der Waals surface area contributed by atoms with Crippen molar-refractivity contribution in [2.45, 2.75) is 173 Å². The summed E-state index contributed by atoms with van der Waals surface area (Å²) in [5.41, 5.74) is 18.2. The maximum atomic E-state index is 14.3. The van der Waals surface area contributed by atoms with Gasteiger partial charge in [0, 0.05) is 90.0 Å². The number of ether oxygens (including phenoxy) is 1. The maximum Gasteiger partial charge on any atom is 0.168 e. The van der Waals surface area contributed by atoms with E-state index in [1.54, 1.807) is 29.8 Å². The minimum absolute atomic E-state index is 0.0444. The van der Waals surface area contributed by atoms with Gasteiger partial charge in [-0.05, 0) is 268 Å². The average molecular weight is 1950 g/mol. The van der Waals surface area contributed by atoms with E-state index < -0.39 is 11.6 Å². The van der Waals surface area contributed by atoms with Crippen LogP contribution in [0.25, 0.3) is 102 Å². The summed E-state index contributed by atoms with van der Waals surface area (Å²) in [5.74, 6) is 4.13. The molecule has 0 aliphatic heterocycles. The van der Waals surface area contributed by atoms with Crippen molar-refractivity contribution in [3.8, 4) is 74.1 Å². The van der Waals surface area contributed by atoms with Gasteiger partial charge < -0.3 is 36.6 Å². The number of rotatable bonds is 19. The van der Waals surface area contributed by atoms with Crippen molar-refractivity contribution < 1.29 is 13.5 Å². The number of hydrogen-bond acceptors (Lipinski definition) is 19. The lowest BCUT2D eigenvalue weighted by atomic mass is 9.93. The number of aryl methyl sites for hydroxylation is 3. The number of nitrogens with one attached hydrogen (secondary N) is 6. The van der Waals surface area contributed by atoms with Crippen molar-refractivity contribution in [2.24, 2.45) is 0 Å². The van der Waals surface area contributed by atoms with E-state index in [-0.39, 0.29) is 17.6 Å². The molecule has 24 rings (SSSR count). The Balaban J connectivity index is 0.000000103. The molecule has 678 valence electrons. The molecule has 0 bridgehead atoms. The molecule has 18 aromatic rings. The summed E-state index contributed by atoms with van der Waals surface area (Å²) in [5, 5.41) is 23.8. The zero-order valence-corrected chi connectivity index (χ0v) is 78.8. The summed E-state index contributed by atoms with van der Waals surface area (Å²) >= 11 is 34.0. The van der Waals surface area contributed by atoms with Crippen LogP contribution in [0.2, 0.25) is 25.1 Å². The van der Waals surface area contributed by atoms with Crippen LogP contribution in [0.4, 0.5) is 43.7 Å². The van der Waals surface area contributed by atoms with Gasteiger partial charge in [-0.15, -0.1) is 0 Å². The molecule has 6 saturated carbocycles. The van der Waals surface area contributed by atoms with Crippen molar-refractivity contribution in [1.82, 2.24) is 86.2 Å². The zero-order valence-electron chi connectivity index (χ0n) is 73.5. The van der Waals surface area contributed by atoms with Gasteiger partial charge in [-0.2, -0.15) is 0 Å². The van der Waals surface area contributed by atoms with Crippen LogP contribution in [-0.4, -0.2) is 130 Å². The molecule has 6 fully saturated rings. The van der Waals surface area contributed by atoms with E-state index in [9.17, 15) is 8.78 Å². The van der Waals surface area contributed by atoms with E-state index in [2.05, 4.69) is 128 Å². The van der Waals surface area contributed by atoms with Gasteiger partial charge in [0.15, 0.2) is 17.5 Å². The summed E-state index contributed by atoms with van der Waals surface area (Å²) in [6.45, 7) is 6.25. The van der Waals surface area contributed by atoms with Gasteiger partial charge in [0.1, 0.15) is 74.4 Å². The highest BCUT2D eigenvalue weighted by Gasteiger charge is 2.27. The smallest absolute Gasteiger partial charge is 0.168 e. The van der Waals surface area contributed by atoms with Crippen molar-refractivity contribution in [3.63, 3.8) is 0 Å². The highest BCUT2D eigenvalue weighted by atomic mass is 79.9. The summed E-state index contributed by atoms with van der Waals surface area (Å²) in [4.78, 5) is 54.3. The molecule has 0 aromatic carbocycles. The number of methoxy groups -OCH3 is 1. The van der Waals surface area contributed by atoms with Gasteiger partial charge >= 0.3 is 0 Å². The second-order valence-corrected chi connectivity index (χ2v) is 37.5. The lowest BCUT2D eigenvalue weighted by Crippen LogP contribution is -2.28. The fraction of sp³-hybridized carbons (Fsp3) is 0.280. The number of imidazole rings is 6. The molecule has 6 aliphatic carbocycles. The first-order valence-corrected chi connectivity index (χ1v) is 47.6. The Hall–Kier alpha value is -12.6. The number of nitrogens with zero attached hydrogens (tertiary/aromatic N) is 18. The summed E-state index contributed by atoms with van der Waals surface area (Å²) < 4.78 is 46.0. The molecule has 18 heterocycles. The van der Waals surface area contributed by atoms with Gasteiger partial charge in [-0.1, -0.05) is 92.1 Å². The summed E-state index contributed by atoms with van der Waals surface area (Å²) in [6.07, 6.45) is 43.7. The van der Waals surface area contributed by atoms with Gasteiger partial charge in [0.05, 0.1) is 132 Å². The molecule has 18 aromatic heterocycles. The monoisotopic (exact) mass is 1940 g/mol. The average Bonchev–Trinajstić information content (AvgIpc) is 1.67. The Morgan fingerprint density at radius 2 is 0.707 bits per heavy atom. The Bertz CT molecular complexity index is 7110. The minimum atomic E-state index is -0.733. The number of aromatic nitrogens is 18. The maximum absolute atomic E-state index is 14.3. The van der Waals surface area contributed by atoms with Crippen LogP contribution in [0.1, 0.15) is 132 Å². The summed E-state index contributed by atoms with van der Waals surface area (Å²) in [6, 6.07) is 48.7. The standard InChI is InChI=1S/3C17H17ClN4.C17H18N4O.C16H14BrClN4.C16H13ClF2N4/c1-11-5-7-15(20-13-3-2-4-13)21-17(11)14-9-19-16-8-6-12(18)10-22(14)16;1-11-5-7-14(21-17(11)20-13-3-2-4-13)15-9-19-16-8-6-12(18)10-22(15)16;1-11-7-14(21-16(8-11)20-13-3-2-4-13)15-9-19-17-6-5-12(18)10-22(15)17;1-22-13-8-9-21-15(11-18-17(21)10-13)14-6-3-7-16(20-14)19-12-4-2-5-12;17-10-6-13(21-15(7-10)20-12-2-1-3-12)14-8-19-16-5-4-11(18)9-22(14)16;17-9-4-5-14-20-7-13(23(14)8-9)15-11(18)6-12(19)16(22-15)21-10-2-1-3-10/h3*5-10,13H,2-4H2,1H3,(H,20,21);3,6-12H,2,4-5H2,1H3,(H,19,20);4-9,12H,1-3H2,(H,20,21);4-8,10H,1-3H2,(H,21,22). The first-order chi connectivity index (χ1) is 64.7. The number of halogens is 8. The van der Waals surface area contributed by atoms with Gasteiger partial charge in [-0.25, -0.2) is 68.6 Å². The molecular formula is C100H96BrCl5F2N24O. The third-order valence-electron chi connectivity index (χ3n) is 25.0. The van der Waals surface area contributed by atoms with Crippen LogP contribution < -0.4 is 36.6 Å². The van der Waals surface area contributed by atoms with E-state index in [0.717, 1.165) is 155 Å². The molecule has 133 heavy (non-hydrogen) atoms. The van der Waals surface area contributed by atoms with E-state index in [0.29, 0.717) is 66.7 Å². The molecule has 0 saturated heterocycles. The molecule has 6 aliphatic rings. The number of pyridine rings is 12. The third kappa shape index (κ3) is 20.8. The van der Waals surface area contributed by atoms with E-state index in [4.69, 9.17) is 87.7 Å². The molecule has 0 unspecified atom stereocenters. The SMILES string of the molecule is COc1ccn2c(-c3cccc(NC4CCC4)n3)cnc2c1.Cc1cc(NC2CCC2)nc(-c2cnc3ccc(Cl)cn23)c1.Cc1ccc(-c2cnc3ccc(Cl)cn23)nc1NC1CCC1.Cc1ccc(NC2CCC2)nc1-c1cnc2ccc(Cl)cn12.Clc1ccc2ncc(-c3cc(Br)cc(NC4CCC4)n3)n2c1.Fc1cc(F)c(-c2cnc3ccc(Cl)cn23)nc1NC1CCC1. The van der Waals surface area contributed by atoms with Crippen molar-refractivity contribution in [1.29, 1.82) is 0 Å². The molecule has 0 atom stereocenters. The van der Waals surface area contributed by atoms with Gasteiger partial charge in [0.25, 0.3) is 0 Å². The molecular weight excluding hydrogens is 1850 g/mol. The van der Waals surface area contributed by atoms with E-state index in [1.807, 2.05) is 187 Å². The molecule has 25 nitrogen and oxygen atoms in total. The van der Waals surface area contributed by atoms with Crippen LogP contribution in [0, 0.1) is 32.4 Å². The normalized spacial score (nSPS) is 14.9. The lowest BCUT2D eigenvalue weighted by Gasteiger charge is -2.27. The van der Waals surface area contributed by atoms with Crippen molar-refractivity contribution >= 4 is 143 Å². The quantitative estimate of drug-likeness (QED) is 0.0439. The van der Waals surface area contributed by atoms with E-state index in [1.165, 1.54) is 114 Å². The second kappa shape index (κ2) is 40.1. The molecule has 0 radical (unpaired) electrons. The van der Waals surface area contributed by atoms with Crippen LogP contribution in [0.5, 0.6) is 5.75 Å². The molecule has 6 N–H and O–H groups in total. The Kier molecular flexibility index (Phi) is 27.0. The minimum Gasteiger partial charge on any atom is -0.497 e. The highest BCUT2D eigenvalue weighted by Crippen LogP contribution is 2.37. The molecule has 0 amide bonds. The summed E-state index contributed by atoms with van der Waals surface area (Å²) in [7, 11) is 1.66. The van der Waals surface area contributed by atoms with Crippen molar-refractivity contribution in [3.05, 3.63) is 278 Å². The fourth-order valence-electron chi connectivity index (χ4n) is 16.2. The molecule has 33 heteroatoms. The molecule has 0 spiro atoms. The Labute approximate surface area is 800 Å². The highest BCUT2D eigenvalue weighted by molar-refractivity contribution is 9.10.